The fourth-order valence-corrected chi connectivity index (χ4v) is 2.64. The molecule has 1 heterocycles. The summed E-state index contributed by atoms with van der Waals surface area (Å²) in [5, 5.41) is 0. The minimum atomic E-state index is -1.04. The summed E-state index contributed by atoms with van der Waals surface area (Å²) in [6.45, 7) is 4.13. The largest absolute Gasteiger partial charge is 0.371 e. The van der Waals surface area contributed by atoms with Crippen LogP contribution in [0.5, 0.6) is 0 Å². The van der Waals surface area contributed by atoms with Gasteiger partial charge in [-0.3, -0.25) is 9.59 Å². The lowest BCUT2D eigenvalue weighted by Crippen LogP contribution is -2.33. The average molecular weight is 261 g/mol. The van der Waals surface area contributed by atoms with Crippen molar-refractivity contribution in [2.75, 3.05) is 18.0 Å². The highest BCUT2D eigenvalue weighted by Crippen LogP contribution is 2.31. The maximum absolute atomic E-state index is 11.3. The molecule has 0 saturated carbocycles. The third kappa shape index (κ3) is 2.54. The van der Waals surface area contributed by atoms with Crippen molar-refractivity contribution in [2.24, 2.45) is 11.5 Å². The zero-order valence-electron chi connectivity index (χ0n) is 11.1. The SMILES string of the molecule is CCCN1CCc2cc(C(C(N)=O)C(N)=O)ccc21. The van der Waals surface area contributed by atoms with Gasteiger partial charge in [-0.25, -0.2) is 0 Å². The number of amides is 2. The molecule has 1 aliphatic heterocycles. The molecule has 4 N–H and O–H groups in total. The molecular weight excluding hydrogens is 242 g/mol. The third-order valence-electron chi connectivity index (χ3n) is 3.49. The van der Waals surface area contributed by atoms with Gasteiger partial charge in [-0.15, -0.1) is 0 Å². The monoisotopic (exact) mass is 261 g/mol. The lowest BCUT2D eigenvalue weighted by atomic mass is 9.95. The summed E-state index contributed by atoms with van der Waals surface area (Å²) in [7, 11) is 0. The number of primary amides is 2. The van der Waals surface area contributed by atoms with Crippen LogP contribution in [-0.4, -0.2) is 24.9 Å². The van der Waals surface area contributed by atoms with Crippen molar-refractivity contribution in [1.82, 2.24) is 0 Å². The van der Waals surface area contributed by atoms with Crippen LogP contribution < -0.4 is 16.4 Å². The van der Waals surface area contributed by atoms with E-state index in [0.717, 1.165) is 31.5 Å². The van der Waals surface area contributed by atoms with Gasteiger partial charge in [-0.1, -0.05) is 19.1 Å². The highest BCUT2D eigenvalue weighted by molar-refractivity contribution is 6.04. The van der Waals surface area contributed by atoms with Gasteiger partial charge in [0, 0.05) is 18.8 Å². The van der Waals surface area contributed by atoms with E-state index in [1.165, 1.54) is 5.69 Å². The van der Waals surface area contributed by atoms with E-state index in [9.17, 15) is 9.59 Å². The second-order valence-corrected chi connectivity index (χ2v) is 4.86. The molecule has 2 rings (SSSR count). The predicted octanol–water partition coefficient (Wildman–Crippen LogP) is 0.513. The quantitative estimate of drug-likeness (QED) is 0.757. The Balaban J connectivity index is 2.32. The number of nitrogens with two attached hydrogens (primary N) is 2. The van der Waals surface area contributed by atoms with E-state index in [4.69, 9.17) is 11.5 Å². The van der Waals surface area contributed by atoms with E-state index in [0.29, 0.717) is 5.56 Å². The molecular formula is C14H19N3O2. The average Bonchev–Trinajstić information content (AvgIpc) is 2.71. The molecule has 2 amide bonds. The topological polar surface area (TPSA) is 89.4 Å². The molecule has 0 bridgehead atoms. The summed E-state index contributed by atoms with van der Waals surface area (Å²) in [4.78, 5) is 24.9. The minimum Gasteiger partial charge on any atom is -0.371 e. The Bertz CT molecular complexity index is 499. The standard InChI is InChI=1S/C14H19N3O2/c1-2-6-17-7-5-9-8-10(3-4-11(9)17)12(13(15)18)14(16)19/h3-4,8,12H,2,5-7H2,1H3,(H2,15,18)(H2,16,19). The zero-order chi connectivity index (χ0) is 14.0. The second kappa shape index (κ2) is 5.30. The Morgan fingerprint density at radius 3 is 2.58 bits per heavy atom. The van der Waals surface area contributed by atoms with Gasteiger partial charge >= 0.3 is 0 Å². The van der Waals surface area contributed by atoms with Gasteiger partial charge in [0.25, 0.3) is 0 Å². The number of hydrogen-bond donors (Lipinski definition) is 2. The number of benzene rings is 1. The van der Waals surface area contributed by atoms with Gasteiger partial charge in [-0.2, -0.15) is 0 Å². The van der Waals surface area contributed by atoms with Crippen LogP contribution in [0.1, 0.15) is 30.4 Å². The first-order valence-electron chi connectivity index (χ1n) is 6.51. The number of fused-ring (bicyclic) bond motifs is 1. The molecule has 1 aliphatic rings. The van der Waals surface area contributed by atoms with Gasteiger partial charge in [0.05, 0.1) is 0 Å². The van der Waals surface area contributed by atoms with Crippen molar-refractivity contribution in [3.05, 3.63) is 29.3 Å². The maximum Gasteiger partial charge on any atom is 0.234 e. The first-order chi connectivity index (χ1) is 9.04. The Labute approximate surface area is 112 Å². The summed E-state index contributed by atoms with van der Waals surface area (Å²) in [6, 6.07) is 5.60. The molecule has 0 fully saturated rings. The molecule has 0 unspecified atom stereocenters. The van der Waals surface area contributed by atoms with E-state index in [2.05, 4.69) is 11.8 Å². The first kappa shape index (κ1) is 13.4. The van der Waals surface area contributed by atoms with E-state index >= 15 is 0 Å². The Kier molecular flexibility index (Phi) is 3.74. The van der Waals surface area contributed by atoms with Crippen molar-refractivity contribution in [1.29, 1.82) is 0 Å². The van der Waals surface area contributed by atoms with Crippen LogP contribution >= 0.6 is 0 Å². The lowest BCUT2D eigenvalue weighted by molar-refractivity contribution is -0.128. The van der Waals surface area contributed by atoms with Gasteiger partial charge in [0.15, 0.2) is 0 Å². The van der Waals surface area contributed by atoms with Crippen molar-refractivity contribution >= 4 is 17.5 Å². The lowest BCUT2D eigenvalue weighted by Gasteiger charge is -2.19. The van der Waals surface area contributed by atoms with Crippen LogP contribution in [0.4, 0.5) is 5.69 Å². The smallest absolute Gasteiger partial charge is 0.234 e. The maximum atomic E-state index is 11.3. The third-order valence-corrected chi connectivity index (χ3v) is 3.49. The molecule has 0 saturated heterocycles. The fourth-order valence-electron chi connectivity index (χ4n) is 2.64. The van der Waals surface area contributed by atoms with Crippen LogP contribution in [0, 0.1) is 0 Å². The second-order valence-electron chi connectivity index (χ2n) is 4.86. The van der Waals surface area contributed by atoms with Crippen molar-refractivity contribution in [3.63, 3.8) is 0 Å². The molecule has 19 heavy (non-hydrogen) atoms. The fraction of sp³-hybridized carbons (Fsp3) is 0.429. The number of anilines is 1. The normalized spacial score (nSPS) is 13.7. The molecule has 5 heteroatoms. The summed E-state index contributed by atoms with van der Waals surface area (Å²) in [6.07, 6.45) is 2.01. The van der Waals surface area contributed by atoms with Crippen LogP contribution in [0.2, 0.25) is 0 Å². The molecule has 1 aromatic carbocycles. The number of nitrogens with zero attached hydrogens (tertiary/aromatic N) is 1. The summed E-state index contributed by atoms with van der Waals surface area (Å²) >= 11 is 0. The minimum absolute atomic E-state index is 0.595. The van der Waals surface area contributed by atoms with E-state index in [1.54, 1.807) is 6.07 Å². The zero-order valence-corrected chi connectivity index (χ0v) is 11.1. The number of carbonyl (C=O) groups is 2. The summed E-state index contributed by atoms with van der Waals surface area (Å²) in [5.41, 5.74) is 13.4. The van der Waals surface area contributed by atoms with Crippen molar-refractivity contribution in [2.45, 2.75) is 25.7 Å². The van der Waals surface area contributed by atoms with Crippen LogP contribution in [0.3, 0.4) is 0 Å². The van der Waals surface area contributed by atoms with Crippen molar-refractivity contribution in [3.8, 4) is 0 Å². The summed E-state index contributed by atoms with van der Waals surface area (Å²) in [5.74, 6) is -2.43. The van der Waals surface area contributed by atoms with Crippen molar-refractivity contribution < 1.29 is 9.59 Å². The van der Waals surface area contributed by atoms with Crippen LogP contribution in [0.25, 0.3) is 0 Å². The highest BCUT2D eigenvalue weighted by Gasteiger charge is 2.26. The molecule has 1 aromatic rings. The molecule has 0 spiro atoms. The summed E-state index contributed by atoms with van der Waals surface area (Å²) < 4.78 is 0. The van der Waals surface area contributed by atoms with Gasteiger partial charge in [0.1, 0.15) is 5.92 Å². The first-order valence-corrected chi connectivity index (χ1v) is 6.51. The molecule has 0 atom stereocenters. The van der Waals surface area contributed by atoms with Gasteiger partial charge < -0.3 is 16.4 Å². The molecule has 0 radical (unpaired) electrons. The van der Waals surface area contributed by atoms with Crippen LogP contribution in [0.15, 0.2) is 18.2 Å². The molecule has 102 valence electrons. The number of carbonyl (C=O) groups excluding carboxylic acids is 2. The molecule has 0 aromatic heterocycles. The van der Waals surface area contributed by atoms with Gasteiger partial charge in [0.2, 0.25) is 11.8 Å². The van der Waals surface area contributed by atoms with E-state index in [1.807, 2.05) is 12.1 Å². The van der Waals surface area contributed by atoms with E-state index in [-0.39, 0.29) is 0 Å². The molecule has 0 aliphatic carbocycles. The Morgan fingerprint density at radius 2 is 2.00 bits per heavy atom. The Hall–Kier alpha value is -2.04. The van der Waals surface area contributed by atoms with Gasteiger partial charge in [-0.05, 0) is 30.0 Å². The Morgan fingerprint density at radius 1 is 1.32 bits per heavy atom. The number of hydrogen-bond acceptors (Lipinski definition) is 3. The highest BCUT2D eigenvalue weighted by atomic mass is 16.2. The predicted molar refractivity (Wildman–Crippen MR) is 73.8 cm³/mol. The van der Waals surface area contributed by atoms with E-state index < -0.39 is 17.7 Å². The molecule has 5 nitrogen and oxygen atoms in total. The van der Waals surface area contributed by atoms with Crippen LogP contribution in [-0.2, 0) is 16.0 Å². The number of rotatable bonds is 5.